The zero-order chi connectivity index (χ0) is 23.1. The van der Waals surface area contributed by atoms with Crippen molar-refractivity contribution in [1.29, 1.82) is 0 Å². The van der Waals surface area contributed by atoms with Gasteiger partial charge >= 0.3 is 0 Å². The zero-order valence-corrected chi connectivity index (χ0v) is 20.7. The van der Waals surface area contributed by atoms with Gasteiger partial charge in [0.2, 0.25) is 5.91 Å². The molecule has 2 aliphatic heterocycles. The Labute approximate surface area is 203 Å². The van der Waals surface area contributed by atoms with Crippen LogP contribution in [0.4, 0.5) is 0 Å². The Kier molecular flexibility index (Phi) is 6.00. The first-order chi connectivity index (χ1) is 16.7. The maximum absolute atomic E-state index is 14.4. The topological polar surface area (TPSA) is 63.0 Å². The van der Waals surface area contributed by atoms with Gasteiger partial charge < -0.3 is 14.6 Å². The van der Waals surface area contributed by atoms with Crippen LogP contribution in [-0.2, 0) is 16.6 Å². The standard InChI is InChI=1S/C29H39N3O2/c1-20-31-27-26(34-20)13-8-15-29(27)19-30-18-24(29)28(33)32-16-14-23(21-9-4-2-5-10-21)17-25(32)22-11-6-3-7-12-22/h2,4-5,9-10,22-25,30H,3,6-8,11-19H2,1H3/p+1/t23-,24+,25+,29-/m1/s1. The van der Waals surface area contributed by atoms with Crippen LogP contribution in [0.25, 0.3) is 0 Å². The van der Waals surface area contributed by atoms with E-state index in [1.54, 1.807) is 0 Å². The number of benzene rings is 1. The Morgan fingerprint density at radius 1 is 1.12 bits per heavy atom. The molecule has 1 spiro atoms. The van der Waals surface area contributed by atoms with E-state index in [0.717, 1.165) is 69.1 Å². The minimum atomic E-state index is -0.143. The van der Waals surface area contributed by atoms with Gasteiger partial charge in [-0.1, -0.05) is 49.6 Å². The molecule has 0 radical (unpaired) electrons. The van der Waals surface area contributed by atoms with Gasteiger partial charge in [0, 0.05) is 25.9 Å². The van der Waals surface area contributed by atoms with Crippen molar-refractivity contribution in [3.05, 3.63) is 53.2 Å². The summed E-state index contributed by atoms with van der Waals surface area (Å²) in [7, 11) is 0. The minimum Gasteiger partial charge on any atom is -0.446 e. The molecule has 5 heteroatoms. The first kappa shape index (κ1) is 22.3. The molecule has 3 heterocycles. The predicted molar refractivity (Wildman–Crippen MR) is 131 cm³/mol. The maximum Gasteiger partial charge on any atom is 0.232 e. The zero-order valence-electron chi connectivity index (χ0n) is 20.7. The Morgan fingerprint density at radius 3 is 2.76 bits per heavy atom. The van der Waals surface area contributed by atoms with Crippen LogP contribution in [0.5, 0.6) is 0 Å². The summed E-state index contributed by atoms with van der Waals surface area (Å²) < 4.78 is 6.00. The van der Waals surface area contributed by atoms with Gasteiger partial charge in [-0.3, -0.25) is 4.79 Å². The number of nitrogens with zero attached hydrogens (tertiary/aromatic N) is 2. The number of carbonyl (C=O) groups is 1. The fourth-order valence-corrected chi connectivity index (χ4v) is 7.93. The van der Waals surface area contributed by atoms with Crippen molar-refractivity contribution in [3.63, 3.8) is 0 Å². The van der Waals surface area contributed by atoms with Crippen molar-refractivity contribution in [2.75, 3.05) is 19.6 Å². The fraction of sp³-hybridized carbons (Fsp3) is 0.655. The van der Waals surface area contributed by atoms with E-state index >= 15 is 0 Å². The van der Waals surface area contributed by atoms with Crippen molar-refractivity contribution in [3.8, 4) is 0 Å². The number of rotatable bonds is 3. The molecule has 0 unspecified atom stereocenters. The molecule has 182 valence electrons. The summed E-state index contributed by atoms with van der Waals surface area (Å²) >= 11 is 0. The molecule has 1 saturated carbocycles. The highest BCUT2D eigenvalue weighted by atomic mass is 16.4. The molecule has 1 aromatic carbocycles. The van der Waals surface area contributed by atoms with E-state index in [1.165, 1.54) is 37.7 Å². The average Bonchev–Trinajstić information content (AvgIpc) is 3.48. The van der Waals surface area contributed by atoms with Crippen LogP contribution in [-0.4, -0.2) is 41.5 Å². The number of amides is 1. The quantitative estimate of drug-likeness (QED) is 0.747. The number of oxazole rings is 1. The smallest absolute Gasteiger partial charge is 0.232 e. The van der Waals surface area contributed by atoms with Crippen LogP contribution in [0.3, 0.4) is 0 Å². The van der Waals surface area contributed by atoms with Gasteiger partial charge in [-0.15, -0.1) is 0 Å². The highest BCUT2D eigenvalue weighted by molar-refractivity contribution is 5.82. The SMILES string of the molecule is Cc1nc2c(o1)CCC[C@]21C[NH2+]C[C@H]1C(=O)N1CC[C@@H](c2ccccc2)C[C@H]1C1CCCCC1. The lowest BCUT2D eigenvalue weighted by atomic mass is 9.67. The Morgan fingerprint density at radius 2 is 1.94 bits per heavy atom. The molecule has 2 aromatic rings. The highest BCUT2D eigenvalue weighted by Gasteiger charge is 2.57. The summed E-state index contributed by atoms with van der Waals surface area (Å²) in [4.78, 5) is 21.7. The summed E-state index contributed by atoms with van der Waals surface area (Å²) in [6.07, 6.45) is 11.9. The molecule has 5 nitrogen and oxygen atoms in total. The van der Waals surface area contributed by atoms with Crippen molar-refractivity contribution >= 4 is 5.91 Å². The first-order valence-corrected chi connectivity index (χ1v) is 13.8. The molecule has 0 bridgehead atoms. The van der Waals surface area contributed by atoms with Crippen LogP contribution in [0.15, 0.2) is 34.7 Å². The summed E-state index contributed by atoms with van der Waals surface area (Å²) in [5.74, 6) is 3.46. The number of nitrogens with two attached hydrogens (primary N) is 1. The van der Waals surface area contributed by atoms with Crippen LogP contribution in [0.2, 0.25) is 0 Å². The molecule has 1 amide bonds. The van der Waals surface area contributed by atoms with Gasteiger partial charge in [0.1, 0.15) is 11.7 Å². The van der Waals surface area contributed by atoms with E-state index in [1.807, 2.05) is 6.92 Å². The van der Waals surface area contributed by atoms with Gasteiger partial charge in [-0.05, 0) is 55.9 Å². The number of hydrogen-bond acceptors (Lipinski definition) is 3. The van der Waals surface area contributed by atoms with Gasteiger partial charge in [-0.2, -0.15) is 0 Å². The molecule has 2 N–H and O–H groups in total. The molecule has 6 rings (SSSR count). The second-order valence-electron chi connectivity index (χ2n) is 11.4. The third-order valence-corrected chi connectivity index (χ3v) is 9.57. The van der Waals surface area contributed by atoms with Crippen molar-refractivity contribution < 1.29 is 14.5 Å². The van der Waals surface area contributed by atoms with Crippen molar-refractivity contribution in [2.24, 2.45) is 11.8 Å². The second-order valence-corrected chi connectivity index (χ2v) is 11.4. The Balaban J connectivity index is 1.30. The van der Waals surface area contributed by atoms with E-state index in [-0.39, 0.29) is 11.3 Å². The molecule has 1 aromatic heterocycles. The van der Waals surface area contributed by atoms with E-state index in [9.17, 15) is 4.79 Å². The monoisotopic (exact) mass is 462 g/mol. The van der Waals surface area contributed by atoms with E-state index in [0.29, 0.717) is 23.8 Å². The lowest BCUT2D eigenvalue weighted by Gasteiger charge is -2.46. The molecule has 4 atom stereocenters. The molecule has 4 aliphatic rings. The lowest BCUT2D eigenvalue weighted by molar-refractivity contribution is -0.640. The normalized spacial score (nSPS) is 32.1. The number of carbonyl (C=O) groups excluding carboxylic acids is 1. The molecular weight excluding hydrogens is 422 g/mol. The third kappa shape index (κ3) is 3.80. The lowest BCUT2D eigenvalue weighted by Crippen LogP contribution is -2.82. The number of likely N-dealkylation sites (tertiary alicyclic amines) is 1. The van der Waals surface area contributed by atoms with E-state index in [4.69, 9.17) is 9.40 Å². The first-order valence-electron chi connectivity index (χ1n) is 13.8. The third-order valence-electron chi connectivity index (χ3n) is 9.57. The number of aromatic nitrogens is 1. The van der Waals surface area contributed by atoms with E-state index < -0.39 is 0 Å². The van der Waals surface area contributed by atoms with Gasteiger partial charge in [0.15, 0.2) is 5.89 Å². The number of aryl methyl sites for hydroxylation is 2. The molecule has 34 heavy (non-hydrogen) atoms. The second kappa shape index (κ2) is 9.14. The average molecular weight is 463 g/mol. The molecule has 3 fully saturated rings. The number of fused-ring (bicyclic) bond motifs is 2. The van der Waals surface area contributed by atoms with Gasteiger partial charge in [0.05, 0.1) is 24.2 Å². The number of hydrogen-bond donors (Lipinski definition) is 1. The van der Waals surface area contributed by atoms with Crippen molar-refractivity contribution in [1.82, 2.24) is 9.88 Å². The van der Waals surface area contributed by atoms with Crippen LogP contribution < -0.4 is 5.32 Å². The van der Waals surface area contributed by atoms with Gasteiger partial charge in [0.25, 0.3) is 0 Å². The fourth-order valence-electron chi connectivity index (χ4n) is 7.93. The minimum absolute atomic E-state index is 0.0235. The summed E-state index contributed by atoms with van der Waals surface area (Å²) in [6.45, 7) is 4.71. The largest absolute Gasteiger partial charge is 0.446 e. The van der Waals surface area contributed by atoms with Gasteiger partial charge in [-0.25, -0.2) is 4.98 Å². The summed E-state index contributed by atoms with van der Waals surface area (Å²) in [5.41, 5.74) is 2.42. The van der Waals surface area contributed by atoms with Crippen LogP contribution in [0.1, 0.15) is 86.6 Å². The molecular formula is C29H40N3O2+. The predicted octanol–water partition coefficient (Wildman–Crippen LogP) is 4.11. The highest BCUT2D eigenvalue weighted by Crippen LogP contribution is 2.46. The summed E-state index contributed by atoms with van der Waals surface area (Å²) in [6, 6.07) is 11.4. The number of quaternary nitrogens is 1. The number of piperidine rings is 1. The Hall–Kier alpha value is -2.14. The van der Waals surface area contributed by atoms with Crippen LogP contribution in [0, 0.1) is 18.8 Å². The summed E-state index contributed by atoms with van der Waals surface area (Å²) in [5, 5.41) is 2.37. The molecule has 2 saturated heterocycles. The Bertz CT molecular complexity index is 1010. The van der Waals surface area contributed by atoms with Crippen molar-refractivity contribution in [2.45, 2.75) is 88.5 Å². The maximum atomic E-state index is 14.4. The van der Waals surface area contributed by atoms with Crippen LogP contribution >= 0.6 is 0 Å². The van der Waals surface area contributed by atoms with E-state index in [2.05, 4.69) is 40.5 Å². The molecule has 2 aliphatic carbocycles.